The second-order valence-corrected chi connectivity index (χ2v) is 10.2. The van der Waals surface area contributed by atoms with Crippen molar-refractivity contribution in [3.05, 3.63) is 42.5 Å². The number of sulfonamides is 1. The van der Waals surface area contributed by atoms with Crippen LogP contribution in [0, 0.1) is 11.8 Å². The van der Waals surface area contributed by atoms with Crippen LogP contribution >= 0.6 is 9.24 Å². The number of amides is 1. The SMILES string of the molecule is CCOc1cc(NC(=O)C(CC(C)C)C(=O)O)ccc1S(=O)(=O)Nc1cccc(OC(F)(F)P)c1. The van der Waals surface area contributed by atoms with E-state index in [-0.39, 0.29) is 46.7 Å². The van der Waals surface area contributed by atoms with Crippen LogP contribution in [0.1, 0.15) is 27.2 Å². The summed E-state index contributed by atoms with van der Waals surface area (Å²) in [6, 6.07) is 8.74. The second-order valence-electron chi connectivity index (χ2n) is 7.90. The number of anilines is 2. The molecule has 0 aliphatic heterocycles. The Morgan fingerprint density at radius 1 is 1.14 bits per heavy atom. The Kier molecular flexibility index (Phi) is 9.39. The van der Waals surface area contributed by atoms with Crippen LogP contribution in [0.4, 0.5) is 20.2 Å². The van der Waals surface area contributed by atoms with Gasteiger partial charge in [0, 0.05) is 17.8 Å². The Balaban J connectivity index is 2.31. The summed E-state index contributed by atoms with van der Waals surface area (Å²) in [5, 5.41) is 11.8. The zero-order valence-corrected chi connectivity index (χ0v) is 21.2. The van der Waals surface area contributed by atoms with E-state index in [0.717, 1.165) is 6.07 Å². The highest BCUT2D eigenvalue weighted by molar-refractivity contribution is 7.92. The summed E-state index contributed by atoms with van der Waals surface area (Å²) in [7, 11) is -3.03. The van der Waals surface area contributed by atoms with E-state index < -0.39 is 33.7 Å². The van der Waals surface area contributed by atoms with Crippen molar-refractivity contribution >= 4 is 42.5 Å². The smallest absolute Gasteiger partial charge is 0.408 e. The number of alkyl halides is 2. The van der Waals surface area contributed by atoms with Crippen molar-refractivity contribution in [3.8, 4) is 11.5 Å². The lowest BCUT2D eigenvalue weighted by atomic mass is 9.96. The molecule has 0 heterocycles. The number of benzene rings is 2. The van der Waals surface area contributed by atoms with E-state index in [2.05, 4.69) is 14.8 Å². The van der Waals surface area contributed by atoms with Gasteiger partial charge in [-0.25, -0.2) is 8.42 Å². The summed E-state index contributed by atoms with van der Waals surface area (Å²) >= 11 is 0. The highest BCUT2D eigenvalue weighted by atomic mass is 32.2. The highest BCUT2D eigenvalue weighted by Gasteiger charge is 2.28. The fourth-order valence-corrected chi connectivity index (χ4v) is 4.40. The number of carboxylic acids is 1. The molecule has 3 N–H and O–H groups in total. The third kappa shape index (κ3) is 8.63. The van der Waals surface area contributed by atoms with Crippen molar-refractivity contribution in [2.45, 2.75) is 37.9 Å². The van der Waals surface area contributed by atoms with Crippen LogP contribution in [0.25, 0.3) is 0 Å². The first-order chi connectivity index (χ1) is 16.2. The normalized spacial score (nSPS) is 12.7. The third-order valence-corrected chi connectivity index (χ3v) is 6.00. The molecule has 2 rings (SSSR count). The lowest BCUT2D eigenvalue weighted by Crippen LogP contribution is -2.30. The Hall–Kier alpha value is -2.98. The molecule has 192 valence electrons. The number of halogens is 2. The number of carboxylic acid groups (broad SMARTS) is 1. The molecule has 0 aromatic heterocycles. The minimum Gasteiger partial charge on any atom is -0.492 e. The molecule has 0 saturated heterocycles. The zero-order chi connectivity index (χ0) is 26.4. The Morgan fingerprint density at radius 2 is 1.83 bits per heavy atom. The molecule has 0 radical (unpaired) electrons. The minimum absolute atomic E-state index is 0.0328. The Bertz CT molecular complexity index is 1170. The van der Waals surface area contributed by atoms with E-state index in [9.17, 15) is 31.9 Å². The van der Waals surface area contributed by atoms with Crippen molar-refractivity contribution < 1.29 is 41.4 Å². The van der Waals surface area contributed by atoms with Gasteiger partial charge in [-0.2, -0.15) is 8.78 Å². The van der Waals surface area contributed by atoms with Gasteiger partial charge in [-0.1, -0.05) is 19.9 Å². The summed E-state index contributed by atoms with van der Waals surface area (Å²) in [5.41, 5.74) is 0.111. The van der Waals surface area contributed by atoms with Crippen molar-refractivity contribution in [1.82, 2.24) is 0 Å². The second kappa shape index (κ2) is 11.6. The quantitative estimate of drug-likeness (QED) is 0.273. The standard InChI is InChI=1S/C22H27F2N2O7PS/c1-4-32-18-12-14(25-20(27)17(21(28)29)10-13(2)3)8-9-19(18)35(30,31)26-15-6-5-7-16(11-15)33-22(23,24)34/h5-9,11-13,17,26H,4,10,34H2,1-3H3,(H,25,27)(H,28,29). The highest BCUT2D eigenvalue weighted by Crippen LogP contribution is 2.32. The van der Waals surface area contributed by atoms with Crippen molar-refractivity contribution in [1.29, 1.82) is 0 Å². The lowest BCUT2D eigenvalue weighted by molar-refractivity contribution is -0.146. The molecular formula is C22H27F2N2O7PS. The average Bonchev–Trinajstić information content (AvgIpc) is 2.70. The van der Waals surface area contributed by atoms with Gasteiger partial charge in [0.2, 0.25) is 5.91 Å². The number of hydrogen-bond acceptors (Lipinski definition) is 6. The molecule has 0 aliphatic carbocycles. The van der Waals surface area contributed by atoms with E-state index in [1.807, 2.05) is 0 Å². The maximum atomic E-state index is 13.1. The molecule has 0 aliphatic rings. The maximum Gasteiger partial charge on any atom is 0.408 e. The number of carbonyl (C=O) groups excluding carboxylic acids is 1. The molecule has 2 atom stereocenters. The predicted octanol–water partition coefficient (Wildman–Crippen LogP) is 4.38. The van der Waals surface area contributed by atoms with Crippen LogP contribution in [0.2, 0.25) is 0 Å². The largest absolute Gasteiger partial charge is 0.492 e. The molecule has 2 unspecified atom stereocenters. The topological polar surface area (TPSA) is 131 Å². The first-order valence-electron chi connectivity index (χ1n) is 10.5. The number of nitrogens with one attached hydrogen (secondary N) is 2. The molecule has 35 heavy (non-hydrogen) atoms. The molecule has 0 spiro atoms. The number of hydrogen-bond donors (Lipinski definition) is 3. The number of aliphatic carboxylic acids is 1. The third-order valence-electron chi connectivity index (χ3n) is 4.46. The Morgan fingerprint density at radius 3 is 2.40 bits per heavy atom. The van der Waals surface area contributed by atoms with E-state index >= 15 is 0 Å². The summed E-state index contributed by atoms with van der Waals surface area (Å²) < 4.78 is 64.3. The van der Waals surface area contributed by atoms with Gasteiger partial charge in [0.25, 0.3) is 10.0 Å². The molecule has 0 saturated carbocycles. The number of carbonyl (C=O) groups is 2. The van der Waals surface area contributed by atoms with Crippen molar-refractivity contribution in [2.75, 3.05) is 16.6 Å². The van der Waals surface area contributed by atoms with Crippen LogP contribution in [0.15, 0.2) is 47.4 Å². The van der Waals surface area contributed by atoms with Gasteiger partial charge in [-0.3, -0.25) is 14.3 Å². The van der Waals surface area contributed by atoms with Crippen molar-refractivity contribution in [2.24, 2.45) is 11.8 Å². The number of ether oxygens (including phenoxy) is 2. The van der Waals surface area contributed by atoms with E-state index in [4.69, 9.17) is 4.74 Å². The van der Waals surface area contributed by atoms with Gasteiger partial charge >= 0.3 is 11.8 Å². The van der Waals surface area contributed by atoms with Crippen LogP contribution in [-0.2, 0) is 19.6 Å². The molecule has 9 nitrogen and oxygen atoms in total. The van der Waals surface area contributed by atoms with Gasteiger partial charge in [0.15, 0.2) is 0 Å². The fourth-order valence-electron chi connectivity index (χ4n) is 3.09. The lowest BCUT2D eigenvalue weighted by Gasteiger charge is -2.17. The first-order valence-corrected chi connectivity index (χ1v) is 12.6. The number of rotatable bonds is 12. The van der Waals surface area contributed by atoms with Gasteiger partial charge in [0.1, 0.15) is 22.3 Å². The van der Waals surface area contributed by atoms with Gasteiger partial charge in [0.05, 0.1) is 12.3 Å². The molecular weight excluding hydrogens is 505 g/mol. The molecule has 0 bridgehead atoms. The summed E-state index contributed by atoms with van der Waals surface area (Å²) in [4.78, 5) is 23.7. The monoisotopic (exact) mass is 532 g/mol. The molecule has 2 aromatic carbocycles. The zero-order valence-electron chi connectivity index (χ0n) is 19.2. The van der Waals surface area contributed by atoms with E-state index in [0.29, 0.717) is 0 Å². The summed E-state index contributed by atoms with van der Waals surface area (Å²) in [5.74, 6) is -7.22. The van der Waals surface area contributed by atoms with Crippen LogP contribution in [0.5, 0.6) is 11.5 Å². The molecule has 0 fully saturated rings. The minimum atomic E-state index is -4.25. The molecule has 1 amide bonds. The van der Waals surface area contributed by atoms with E-state index in [1.165, 1.54) is 45.6 Å². The van der Waals surface area contributed by atoms with Crippen LogP contribution in [-0.4, -0.2) is 37.9 Å². The van der Waals surface area contributed by atoms with Crippen molar-refractivity contribution in [3.63, 3.8) is 0 Å². The van der Waals surface area contributed by atoms with E-state index in [1.54, 1.807) is 20.8 Å². The van der Waals surface area contributed by atoms with Gasteiger partial charge < -0.3 is 19.9 Å². The fraction of sp³-hybridized carbons (Fsp3) is 0.364. The predicted molar refractivity (Wildman–Crippen MR) is 129 cm³/mol. The maximum absolute atomic E-state index is 13.1. The molecule has 13 heteroatoms. The first kappa shape index (κ1) is 28.3. The van der Waals surface area contributed by atoms with Gasteiger partial charge in [-0.05, 0) is 52.8 Å². The summed E-state index contributed by atoms with van der Waals surface area (Å²) in [6.45, 7) is 5.30. The average molecular weight is 533 g/mol. The van der Waals surface area contributed by atoms with Crippen LogP contribution in [0.3, 0.4) is 0 Å². The molecule has 2 aromatic rings. The Labute approximate surface area is 204 Å². The summed E-state index contributed by atoms with van der Waals surface area (Å²) in [6.07, 6.45) is 0.126. The van der Waals surface area contributed by atoms with Crippen LogP contribution < -0.4 is 19.5 Å². The van der Waals surface area contributed by atoms with Gasteiger partial charge in [-0.15, -0.1) is 0 Å².